The van der Waals surface area contributed by atoms with Crippen molar-refractivity contribution in [1.29, 1.82) is 0 Å². The van der Waals surface area contributed by atoms with Gasteiger partial charge in [0.2, 0.25) is 0 Å². The number of hydrogen-bond donors (Lipinski definition) is 1. The van der Waals surface area contributed by atoms with Crippen LogP contribution in [-0.4, -0.2) is 4.98 Å². The van der Waals surface area contributed by atoms with Gasteiger partial charge < -0.3 is 5.73 Å². The van der Waals surface area contributed by atoms with Gasteiger partial charge in [0.05, 0.1) is 5.69 Å². The third-order valence-corrected chi connectivity index (χ3v) is 4.43. The molecule has 0 aliphatic heterocycles. The van der Waals surface area contributed by atoms with Gasteiger partial charge in [0.25, 0.3) is 0 Å². The van der Waals surface area contributed by atoms with Crippen molar-refractivity contribution in [1.82, 2.24) is 4.98 Å². The largest absolute Gasteiger partial charge is 0.375 e. The molecule has 0 saturated carbocycles. The van der Waals surface area contributed by atoms with Gasteiger partial charge in [-0.1, -0.05) is 44.0 Å². The molecule has 0 aliphatic rings. The Kier molecular flexibility index (Phi) is 4.28. The number of rotatable bonds is 2. The zero-order valence-electron chi connectivity index (χ0n) is 11.4. The molecule has 1 heterocycles. The molecule has 6 heteroatoms. The summed E-state index contributed by atoms with van der Waals surface area (Å²) in [4.78, 5) is 5.40. The van der Waals surface area contributed by atoms with Gasteiger partial charge in [-0.2, -0.15) is 0 Å². The van der Waals surface area contributed by atoms with E-state index in [9.17, 15) is 4.39 Å². The Labute approximate surface area is 131 Å². The van der Waals surface area contributed by atoms with Crippen LogP contribution in [0.3, 0.4) is 0 Å². The highest BCUT2D eigenvalue weighted by atomic mass is 35.5. The van der Waals surface area contributed by atoms with E-state index in [1.54, 1.807) is 0 Å². The highest BCUT2D eigenvalue weighted by molar-refractivity contribution is 7.15. The van der Waals surface area contributed by atoms with Crippen molar-refractivity contribution >= 4 is 39.7 Å². The van der Waals surface area contributed by atoms with Gasteiger partial charge in [0.1, 0.15) is 5.82 Å². The lowest BCUT2D eigenvalue weighted by atomic mass is 9.90. The van der Waals surface area contributed by atoms with Crippen molar-refractivity contribution in [3.05, 3.63) is 44.1 Å². The summed E-state index contributed by atoms with van der Waals surface area (Å²) >= 11 is 13.6. The highest BCUT2D eigenvalue weighted by Crippen LogP contribution is 2.35. The van der Waals surface area contributed by atoms with Crippen LogP contribution >= 0.6 is 34.5 Å². The van der Waals surface area contributed by atoms with Crippen molar-refractivity contribution in [3.8, 4) is 0 Å². The van der Waals surface area contributed by atoms with Gasteiger partial charge in [0.15, 0.2) is 5.13 Å². The fraction of sp³-hybridized carbons (Fsp3) is 0.357. The Morgan fingerprint density at radius 2 is 1.80 bits per heavy atom. The summed E-state index contributed by atoms with van der Waals surface area (Å²) in [6.45, 7) is 6.20. The lowest BCUT2D eigenvalue weighted by molar-refractivity contribution is 0.568. The molecule has 1 aromatic carbocycles. The van der Waals surface area contributed by atoms with E-state index in [0.717, 1.165) is 10.6 Å². The average molecular weight is 333 g/mol. The second-order valence-electron chi connectivity index (χ2n) is 5.60. The second kappa shape index (κ2) is 5.51. The highest BCUT2D eigenvalue weighted by Gasteiger charge is 2.24. The maximum absolute atomic E-state index is 13.2. The molecule has 2 rings (SSSR count). The van der Waals surface area contributed by atoms with Gasteiger partial charge in [-0.25, -0.2) is 9.37 Å². The molecule has 0 amide bonds. The quantitative estimate of drug-likeness (QED) is 0.834. The van der Waals surface area contributed by atoms with Crippen LogP contribution in [-0.2, 0) is 11.8 Å². The summed E-state index contributed by atoms with van der Waals surface area (Å²) in [5.41, 5.74) is 7.31. The lowest BCUT2D eigenvalue weighted by Crippen LogP contribution is -2.14. The molecule has 20 heavy (non-hydrogen) atoms. The van der Waals surface area contributed by atoms with Crippen molar-refractivity contribution in [2.24, 2.45) is 0 Å². The molecule has 1 aromatic heterocycles. The number of nitrogen functional groups attached to an aromatic ring is 1. The molecule has 0 saturated heterocycles. The number of nitrogens with two attached hydrogens (primary N) is 1. The van der Waals surface area contributed by atoms with Gasteiger partial charge in [0, 0.05) is 26.8 Å². The van der Waals surface area contributed by atoms with Crippen LogP contribution < -0.4 is 5.73 Å². The van der Waals surface area contributed by atoms with Crippen molar-refractivity contribution in [2.75, 3.05) is 5.73 Å². The van der Waals surface area contributed by atoms with E-state index in [4.69, 9.17) is 28.9 Å². The van der Waals surface area contributed by atoms with Gasteiger partial charge in [-0.15, -0.1) is 11.3 Å². The fourth-order valence-electron chi connectivity index (χ4n) is 1.98. The van der Waals surface area contributed by atoms with Gasteiger partial charge in [-0.05, 0) is 17.7 Å². The van der Waals surface area contributed by atoms with Crippen LogP contribution in [0.25, 0.3) is 0 Å². The fourth-order valence-corrected chi connectivity index (χ4v) is 3.63. The molecular formula is C14H15Cl2FN2S. The van der Waals surface area contributed by atoms with E-state index in [1.807, 2.05) is 0 Å². The molecule has 2 aromatic rings. The molecule has 0 radical (unpaired) electrons. The molecular weight excluding hydrogens is 318 g/mol. The summed E-state index contributed by atoms with van der Waals surface area (Å²) in [6, 6.07) is 2.54. The van der Waals surface area contributed by atoms with E-state index >= 15 is 0 Å². The number of anilines is 1. The third-order valence-electron chi connectivity index (χ3n) is 2.87. The van der Waals surface area contributed by atoms with Crippen molar-refractivity contribution in [2.45, 2.75) is 32.6 Å². The van der Waals surface area contributed by atoms with E-state index in [1.165, 1.54) is 23.5 Å². The Morgan fingerprint density at radius 1 is 1.25 bits per heavy atom. The first kappa shape index (κ1) is 15.5. The predicted molar refractivity (Wildman–Crippen MR) is 84.5 cm³/mol. The molecule has 108 valence electrons. The molecule has 0 atom stereocenters. The summed E-state index contributed by atoms with van der Waals surface area (Å²) in [7, 11) is 0. The summed E-state index contributed by atoms with van der Waals surface area (Å²) < 4.78 is 13.2. The maximum Gasteiger partial charge on any atom is 0.180 e. The smallest absolute Gasteiger partial charge is 0.180 e. The van der Waals surface area contributed by atoms with E-state index in [-0.39, 0.29) is 5.41 Å². The van der Waals surface area contributed by atoms with Crippen LogP contribution in [0.1, 0.15) is 36.9 Å². The Balaban J connectivity index is 2.46. The molecule has 0 spiro atoms. The minimum atomic E-state index is -0.441. The number of thiazole rings is 1. The van der Waals surface area contributed by atoms with Crippen LogP contribution in [0, 0.1) is 5.82 Å². The Hall–Kier alpha value is -0.840. The van der Waals surface area contributed by atoms with Crippen molar-refractivity contribution in [3.63, 3.8) is 0 Å². The topological polar surface area (TPSA) is 38.9 Å². The molecule has 2 N–H and O–H groups in total. The summed E-state index contributed by atoms with van der Waals surface area (Å²) in [5, 5.41) is 1.16. The first-order valence-corrected chi connectivity index (χ1v) is 7.65. The zero-order valence-corrected chi connectivity index (χ0v) is 13.8. The maximum atomic E-state index is 13.2. The number of benzene rings is 1. The van der Waals surface area contributed by atoms with Gasteiger partial charge >= 0.3 is 0 Å². The van der Waals surface area contributed by atoms with Crippen LogP contribution in [0.15, 0.2) is 12.1 Å². The monoisotopic (exact) mass is 332 g/mol. The van der Waals surface area contributed by atoms with Crippen LogP contribution in [0.2, 0.25) is 10.0 Å². The van der Waals surface area contributed by atoms with E-state index in [0.29, 0.717) is 27.2 Å². The van der Waals surface area contributed by atoms with Gasteiger partial charge in [-0.3, -0.25) is 0 Å². The van der Waals surface area contributed by atoms with Crippen LogP contribution in [0.5, 0.6) is 0 Å². The first-order chi connectivity index (χ1) is 9.18. The first-order valence-electron chi connectivity index (χ1n) is 6.07. The standard InChI is InChI=1S/C14H15Cl2FN2S/c1-14(2,3)12-11(20-13(18)19-12)6-8-9(15)4-7(17)5-10(8)16/h4-5H,6H2,1-3H3,(H2,18,19). The molecule has 0 aliphatic carbocycles. The average Bonchev–Trinajstić information content (AvgIpc) is 2.64. The van der Waals surface area contributed by atoms with E-state index in [2.05, 4.69) is 25.8 Å². The minimum absolute atomic E-state index is 0.123. The normalized spacial score (nSPS) is 11.9. The molecule has 2 nitrogen and oxygen atoms in total. The van der Waals surface area contributed by atoms with Crippen LogP contribution in [0.4, 0.5) is 9.52 Å². The SMILES string of the molecule is CC(C)(C)c1nc(N)sc1Cc1c(Cl)cc(F)cc1Cl. The number of halogens is 3. The minimum Gasteiger partial charge on any atom is -0.375 e. The number of aromatic nitrogens is 1. The zero-order chi connectivity index (χ0) is 15.1. The second-order valence-corrected chi connectivity index (χ2v) is 7.53. The molecule has 0 bridgehead atoms. The number of hydrogen-bond acceptors (Lipinski definition) is 3. The lowest BCUT2D eigenvalue weighted by Gasteiger charge is -2.18. The molecule has 0 fully saturated rings. The Morgan fingerprint density at radius 3 is 2.30 bits per heavy atom. The Bertz CT molecular complexity index is 624. The predicted octanol–water partition coefficient (Wildman–Crippen LogP) is 5.06. The van der Waals surface area contributed by atoms with Crippen molar-refractivity contribution < 1.29 is 4.39 Å². The molecule has 0 unspecified atom stereocenters. The summed E-state index contributed by atoms with van der Waals surface area (Å²) in [5.74, 6) is -0.441. The summed E-state index contributed by atoms with van der Waals surface area (Å²) in [6.07, 6.45) is 0.499. The van der Waals surface area contributed by atoms with E-state index < -0.39 is 5.82 Å². The number of nitrogens with zero attached hydrogens (tertiary/aromatic N) is 1. The third kappa shape index (κ3) is 3.25.